The van der Waals surface area contributed by atoms with Crippen LogP contribution in [-0.4, -0.2) is 23.3 Å². The summed E-state index contributed by atoms with van der Waals surface area (Å²) in [5.41, 5.74) is 2.26. The van der Waals surface area contributed by atoms with Crippen LogP contribution in [0, 0.1) is 0 Å². The molecular weight excluding hydrogens is 253 g/mol. The van der Waals surface area contributed by atoms with Crippen LogP contribution in [0.4, 0.5) is 4.79 Å². The number of rotatable bonds is 1. The number of nitrogens with one attached hydrogen (secondary N) is 1. The maximum absolute atomic E-state index is 11.5. The number of fused-ring (bicyclic) bond motifs is 1. The van der Waals surface area contributed by atoms with Gasteiger partial charge in [-0.3, -0.25) is 14.9 Å². The minimum absolute atomic E-state index is 0.326. The first-order chi connectivity index (χ1) is 8.65. The number of thioether (sulfide) groups is 1. The summed E-state index contributed by atoms with van der Waals surface area (Å²) in [6.45, 7) is 0.353. The minimum Gasteiger partial charge on any atom is -0.423 e. The SMILES string of the molecule is O=C1NC(=O)C(=Cc2cccc3c2B(O)OC3)S1. The Labute approximate surface area is 107 Å². The van der Waals surface area contributed by atoms with Crippen LogP contribution in [-0.2, 0) is 16.1 Å². The van der Waals surface area contributed by atoms with Gasteiger partial charge in [0, 0.05) is 0 Å². The summed E-state index contributed by atoms with van der Waals surface area (Å²) < 4.78 is 5.13. The summed E-state index contributed by atoms with van der Waals surface area (Å²) in [5, 5.41) is 11.5. The smallest absolute Gasteiger partial charge is 0.423 e. The normalized spacial score (nSPS) is 20.5. The molecule has 2 heterocycles. The van der Waals surface area contributed by atoms with E-state index in [4.69, 9.17) is 4.65 Å². The number of hydrogen-bond acceptors (Lipinski definition) is 5. The van der Waals surface area contributed by atoms with Crippen molar-refractivity contribution in [3.63, 3.8) is 0 Å². The van der Waals surface area contributed by atoms with Crippen LogP contribution in [0.25, 0.3) is 6.08 Å². The van der Waals surface area contributed by atoms with E-state index in [0.29, 0.717) is 22.5 Å². The highest BCUT2D eigenvalue weighted by Gasteiger charge is 2.31. The van der Waals surface area contributed by atoms with Crippen LogP contribution >= 0.6 is 11.8 Å². The molecule has 0 atom stereocenters. The van der Waals surface area contributed by atoms with Crippen molar-refractivity contribution in [2.24, 2.45) is 0 Å². The third kappa shape index (κ3) is 1.86. The Morgan fingerprint density at radius 2 is 2.28 bits per heavy atom. The summed E-state index contributed by atoms with van der Waals surface area (Å²) in [5.74, 6) is -0.406. The van der Waals surface area contributed by atoms with E-state index < -0.39 is 13.0 Å². The Morgan fingerprint density at radius 3 is 3.00 bits per heavy atom. The quantitative estimate of drug-likeness (QED) is 0.559. The van der Waals surface area contributed by atoms with Crippen molar-refractivity contribution in [3.05, 3.63) is 34.2 Å². The fourth-order valence-corrected chi connectivity index (χ4v) is 2.67. The first kappa shape index (κ1) is 11.5. The van der Waals surface area contributed by atoms with Gasteiger partial charge in [-0.2, -0.15) is 0 Å². The molecule has 0 saturated carbocycles. The van der Waals surface area contributed by atoms with Crippen LogP contribution in [0.1, 0.15) is 11.1 Å². The lowest BCUT2D eigenvalue weighted by molar-refractivity contribution is -0.115. The van der Waals surface area contributed by atoms with Crippen LogP contribution in [0.3, 0.4) is 0 Å². The third-order valence-corrected chi connectivity index (χ3v) is 3.61. The fraction of sp³-hybridized carbons (Fsp3) is 0.0909. The van der Waals surface area contributed by atoms with Crippen LogP contribution in [0.2, 0.25) is 0 Å². The first-order valence-corrected chi connectivity index (χ1v) is 6.13. The Balaban J connectivity index is 2.04. The second-order valence-electron chi connectivity index (χ2n) is 3.94. The zero-order chi connectivity index (χ0) is 12.7. The highest BCUT2D eigenvalue weighted by atomic mass is 32.2. The first-order valence-electron chi connectivity index (χ1n) is 5.31. The monoisotopic (exact) mass is 261 g/mol. The largest absolute Gasteiger partial charge is 0.492 e. The van der Waals surface area contributed by atoms with Gasteiger partial charge in [0.1, 0.15) is 0 Å². The molecule has 0 unspecified atom stereocenters. The highest BCUT2D eigenvalue weighted by Crippen LogP contribution is 2.26. The third-order valence-electron chi connectivity index (χ3n) is 2.80. The Bertz CT molecular complexity index is 586. The molecule has 0 aliphatic carbocycles. The Morgan fingerprint density at radius 1 is 1.44 bits per heavy atom. The molecule has 5 nitrogen and oxygen atoms in total. The van der Waals surface area contributed by atoms with E-state index in [1.54, 1.807) is 12.1 Å². The highest BCUT2D eigenvalue weighted by molar-refractivity contribution is 8.18. The zero-order valence-electron chi connectivity index (χ0n) is 9.17. The summed E-state index contributed by atoms with van der Waals surface area (Å²) in [6.07, 6.45) is 1.60. The van der Waals surface area contributed by atoms with Gasteiger partial charge < -0.3 is 9.68 Å². The molecular formula is C11H8BNO4S. The number of hydrogen-bond donors (Lipinski definition) is 2. The molecule has 1 aromatic rings. The van der Waals surface area contributed by atoms with Gasteiger partial charge in [0.05, 0.1) is 11.5 Å². The number of amides is 2. The standard InChI is InChI=1S/C11H8BNO4S/c14-10-8(18-11(15)13-10)4-6-2-1-3-7-5-17-12(16)9(6)7/h1-4,16H,5H2,(H,13,14,15). The van der Waals surface area contributed by atoms with E-state index >= 15 is 0 Å². The molecule has 0 bridgehead atoms. The topological polar surface area (TPSA) is 75.6 Å². The minimum atomic E-state index is -0.974. The van der Waals surface area contributed by atoms with E-state index in [1.807, 2.05) is 12.1 Å². The summed E-state index contributed by atoms with van der Waals surface area (Å²) in [7, 11) is -0.974. The lowest BCUT2D eigenvalue weighted by atomic mass is 9.76. The van der Waals surface area contributed by atoms with E-state index in [2.05, 4.69) is 5.32 Å². The van der Waals surface area contributed by atoms with Crippen molar-refractivity contribution in [1.82, 2.24) is 5.32 Å². The average molecular weight is 261 g/mol. The number of imide groups is 1. The molecule has 0 spiro atoms. The Kier molecular flexibility index (Phi) is 2.73. The predicted octanol–water partition coefficient (Wildman–Crippen LogP) is 0.228. The summed E-state index contributed by atoms with van der Waals surface area (Å²) in [6, 6.07) is 5.47. The van der Waals surface area contributed by atoms with Gasteiger partial charge in [0.25, 0.3) is 11.1 Å². The molecule has 1 aromatic carbocycles. The van der Waals surface area contributed by atoms with Crippen LogP contribution in [0.5, 0.6) is 0 Å². The Hall–Kier alpha value is -1.57. The lowest BCUT2D eigenvalue weighted by Crippen LogP contribution is -2.30. The molecule has 1 saturated heterocycles. The van der Waals surface area contributed by atoms with Crippen molar-refractivity contribution in [1.29, 1.82) is 0 Å². The van der Waals surface area contributed by atoms with Crippen molar-refractivity contribution in [3.8, 4) is 0 Å². The molecule has 7 heteroatoms. The van der Waals surface area contributed by atoms with Crippen molar-refractivity contribution < 1.29 is 19.3 Å². The second-order valence-corrected chi connectivity index (χ2v) is 4.95. The van der Waals surface area contributed by atoms with Gasteiger partial charge in [-0.05, 0) is 34.4 Å². The number of carbonyl (C=O) groups is 2. The second kappa shape index (κ2) is 4.27. The van der Waals surface area contributed by atoms with Gasteiger partial charge in [-0.1, -0.05) is 18.2 Å². The molecule has 2 aliphatic heterocycles. The van der Waals surface area contributed by atoms with E-state index in [9.17, 15) is 14.6 Å². The summed E-state index contributed by atoms with van der Waals surface area (Å²) in [4.78, 5) is 22.9. The van der Waals surface area contributed by atoms with Gasteiger partial charge in [0.2, 0.25) is 0 Å². The van der Waals surface area contributed by atoms with E-state index in [1.165, 1.54) is 0 Å². The molecule has 1 fully saturated rings. The molecule has 0 aromatic heterocycles. The molecule has 90 valence electrons. The predicted molar refractivity (Wildman–Crippen MR) is 67.9 cm³/mol. The molecule has 18 heavy (non-hydrogen) atoms. The van der Waals surface area contributed by atoms with E-state index in [0.717, 1.165) is 17.3 Å². The zero-order valence-corrected chi connectivity index (χ0v) is 9.99. The van der Waals surface area contributed by atoms with Crippen molar-refractivity contribution in [2.75, 3.05) is 0 Å². The van der Waals surface area contributed by atoms with Crippen LogP contribution < -0.4 is 10.8 Å². The average Bonchev–Trinajstić information content (AvgIpc) is 2.84. The van der Waals surface area contributed by atoms with Gasteiger partial charge in [0.15, 0.2) is 0 Å². The fourth-order valence-electron chi connectivity index (χ4n) is 2.00. The van der Waals surface area contributed by atoms with Gasteiger partial charge >= 0.3 is 7.12 Å². The molecule has 2 aliphatic rings. The van der Waals surface area contributed by atoms with E-state index in [-0.39, 0.29) is 5.24 Å². The van der Waals surface area contributed by atoms with Crippen molar-refractivity contribution >= 4 is 41.6 Å². The summed E-state index contributed by atoms with van der Waals surface area (Å²) >= 11 is 0.854. The van der Waals surface area contributed by atoms with Gasteiger partial charge in [-0.25, -0.2) is 0 Å². The molecule has 2 amide bonds. The van der Waals surface area contributed by atoms with Crippen LogP contribution in [0.15, 0.2) is 23.1 Å². The molecule has 3 rings (SSSR count). The molecule has 2 N–H and O–H groups in total. The van der Waals surface area contributed by atoms with Gasteiger partial charge in [-0.15, -0.1) is 0 Å². The molecule has 0 radical (unpaired) electrons. The maximum Gasteiger partial charge on any atom is 0.492 e. The lowest BCUT2D eigenvalue weighted by Gasteiger charge is -2.04. The number of benzene rings is 1. The maximum atomic E-state index is 11.5. The van der Waals surface area contributed by atoms with Crippen molar-refractivity contribution in [2.45, 2.75) is 6.61 Å². The number of carbonyl (C=O) groups excluding carboxylic acids is 2.